The lowest BCUT2D eigenvalue weighted by atomic mass is 10.1. The molecule has 1 amide bonds. The Balaban J connectivity index is 1.98. The molecule has 1 aliphatic carbocycles. The van der Waals surface area contributed by atoms with Crippen LogP contribution in [0.2, 0.25) is 0 Å². The number of aliphatic carboxylic acids is 1. The number of hydrogen-bond acceptors (Lipinski definition) is 4. The van der Waals surface area contributed by atoms with E-state index < -0.39 is 5.97 Å². The first-order valence-corrected chi connectivity index (χ1v) is 7.29. The number of carbonyl (C=O) groups excluding carboxylic acids is 1. The largest absolute Gasteiger partial charge is 0.482 e. The average Bonchev–Trinajstić information content (AvgIpc) is 3.31. The van der Waals surface area contributed by atoms with Crippen molar-refractivity contribution >= 4 is 17.6 Å². The molecule has 0 radical (unpaired) electrons. The van der Waals surface area contributed by atoms with Crippen LogP contribution in [0.25, 0.3) is 0 Å². The Labute approximate surface area is 129 Å². The quantitative estimate of drug-likeness (QED) is 0.794. The zero-order chi connectivity index (χ0) is 16.2. The van der Waals surface area contributed by atoms with Gasteiger partial charge in [0.2, 0.25) is 5.91 Å². The van der Waals surface area contributed by atoms with E-state index in [9.17, 15) is 9.59 Å². The smallest absolute Gasteiger partial charge is 0.341 e. The summed E-state index contributed by atoms with van der Waals surface area (Å²) in [5, 5.41) is 8.57. The molecule has 0 bridgehead atoms. The van der Waals surface area contributed by atoms with Gasteiger partial charge >= 0.3 is 5.97 Å². The lowest BCUT2D eigenvalue weighted by Gasteiger charge is -2.23. The van der Waals surface area contributed by atoms with Gasteiger partial charge in [-0.25, -0.2) is 4.79 Å². The number of hydrogen-bond donors (Lipinski definition) is 1. The highest BCUT2D eigenvalue weighted by atomic mass is 16.5. The van der Waals surface area contributed by atoms with Crippen LogP contribution in [-0.4, -0.2) is 43.9 Å². The van der Waals surface area contributed by atoms with Crippen LogP contribution in [0, 0.1) is 5.41 Å². The normalized spacial score (nSPS) is 15.2. The van der Waals surface area contributed by atoms with E-state index in [1.807, 2.05) is 6.92 Å². The van der Waals surface area contributed by atoms with E-state index in [2.05, 4.69) is 0 Å². The zero-order valence-corrected chi connectivity index (χ0v) is 12.9. The van der Waals surface area contributed by atoms with Crippen LogP contribution in [0.1, 0.15) is 19.8 Å². The number of ether oxygens (including phenoxy) is 2. The minimum Gasteiger partial charge on any atom is -0.482 e. The Bertz CT molecular complexity index is 536. The van der Waals surface area contributed by atoms with Crippen molar-refractivity contribution in [2.24, 2.45) is 5.41 Å². The Kier molecular flexibility index (Phi) is 5.03. The van der Waals surface area contributed by atoms with E-state index in [-0.39, 0.29) is 17.9 Å². The van der Waals surface area contributed by atoms with Gasteiger partial charge in [0.15, 0.2) is 6.61 Å². The molecule has 1 saturated carbocycles. The van der Waals surface area contributed by atoms with Crippen molar-refractivity contribution in [1.82, 2.24) is 0 Å². The van der Waals surface area contributed by atoms with Crippen molar-refractivity contribution in [2.45, 2.75) is 19.8 Å². The predicted molar refractivity (Wildman–Crippen MR) is 81.1 cm³/mol. The number of anilines is 1. The van der Waals surface area contributed by atoms with Crippen LogP contribution in [0.5, 0.6) is 5.75 Å². The minimum absolute atomic E-state index is 0.0557. The summed E-state index contributed by atoms with van der Waals surface area (Å²) in [7, 11) is 1.74. The van der Waals surface area contributed by atoms with Gasteiger partial charge in [0.1, 0.15) is 5.75 Å². The molecule has 0 unspecified atom stereocenters. The number of carboxylic acids is 1. The molecule has 1 N–H and O–H groups in total. The molecule has 0 spiro atoms. The first-order valence-electron chi connectivity index (χ1n) is 7.29. The fourth-order valence-electron chi connectivity index (χ4n) is 2.25. The van der Waals surface area contributed by atoms with Crippen LogP contribution in [0.4, 0.5) is 5.69 Å². The van der Waals surface area contributed by atoms with E-state index in [4.69, 9.17) is 14.6 Å². The third-order valence-corrected chi connectivity index (χ3v) is 3.78. The molecule has 1 aromatic carbocycles. The van der Waals surface area contributed by atoms with Gasteiger partial charge in [0.05, 0.1) is 12.0 Å². The molecule has 2 rings (SSSR count). The third-order valence-electron chi connectivity index (χ3n) is 3.78. The van der Waals surface area contributed by atoms with Gasteiger partial charge in [0.25, 0.3) is 0 Å². The molecule has 0 heterocycles. The van der Waals surface area contributed by atoms with Gasteiger partial charge in [-0.2, -0.15) is 0 Å². The van der Waals surface area contributed by atoms with E-state index in [0.717, 1.165) is 18.5 Å². The summed E-state index contributed by atoms with van der Waals surface area (Å²) in [6.07, 6.45) is 1.71. The first-order chi connectivity index (χ1) is 10.5. The molecular weight excluding hydrogens is 286 g/mol. The summed E-state index contributed by atoms with van der Waals surface area (Å²) in [6, 6.07) is 6.80. The van der Waals surface area contributed by atoms with E-state index in [0.29, 0.717) is 19.0 Å². The van der Waals surface area contributed by atoms with E-state index >= 15 is 0 Å². The number of carboxylic acid groups (broad SMARTS) is 1. The van der Waals surface area contributed by atoms with Gasteiger partial charge in [-0.3, -0.25) is 4.79 Å². The van der Waals surface area contributed by atoms with Gasteiger partial charge in [-0.05, 0) is 44.0 Å². The number of nitrogens with zero attached hydrogens (tertiary/aromatic N) is 1. The number of carbonyl (C=O) groups is 2. The highest BCUT2D eigenvalue weighted by Gasteiger charge is 2.51. The summed E-state index contributed by atoms with van der Waals surface area (Å²) < 4.78 is 10.5. The van der Waals surface area contributed by atoms with Crippen LogP contribution in [0.3, 0.4) is 0 Å². The molecule has 6 heteroatoms. The van der Waals surface area contributed by atoms with Crippen LogP contribution < -0.4 is 9.64 Å². The lowest BCUT2D eigenvalue weighted by molar-refractivity contribution is -0.139. The maximum absolute atomic E-state index is 12.6. The number of amides is 1. The SMILES string of the molecule is CCOCC1(C(=O)N(C)c2ccc(OCC(=O)O)cc2)CC1. The third kappa shape index (κ3) is 3.76. The van der Waals surface area contributed by atoms with Crippen LogP contribution in [-0.2, 0) is 14.3 Å². The second kappa shape index (κ2) is 6.79. The average molecular weight is 307 g/mol. The molecule has 0 aromatic heterocycles. The predicted octanol–water partition coefficient (Wildman–Crippen LogP) is 1.93. The maximum Gasteiger partial charge on any atom is 0.341 e. The molecule has 0 atom stereocenters. The fraction of sp³-hybridized carbons (Fsp3) is 0.500. The highest BCUT2D eigenvalue weighted by molar-refractivity contribution is 5.99. The second-order valence-electron chi connectivity index (χ2n) is 5.46. The van der Waals surface area contributed by atoms with Crippen molar-refractivity contribution in [3.63, 3.8) is 0 Å². The standard InChI is InChI=1S/C16H21NO5/c1-3-21-11-16(8-9-16)15(20)17(2)12-4-6-13(7-5-12)22-10-14(18)19/h4-7H,3,8-11H2,1-2H3,(H,18,19). The summed E-state index contributed by atoms with van der Waals surface area (Å²) in [4.78, 5) is 24.6. The topological polar surface area (TPSA) is 76.1 Å². The molecule has 120 valence electrons. The van der Waals surface area contributed by atoms with Gasteiger partial charge in [0, 0.05) is 19.3 Å². The molecule has 22 heavy (non-hydrogen) atoms. The van der Waals surface area contributed by atoms with Crippen molar-refractivity contribution in [2.75, 3.05) is 31.8 Å². The van der Waals surface area contributed by atoms with Crippen LogP contribution in [0.15, 0.2) is 24.3 Å². The molecule has 6 nitrogen and oxygen atoms in total. The number of benzene rings is 1. The van der Waals surface area contributed by atoms with Crippen molar-refractivity contribution < 1.29 is 24.2 Å². The minimum atomic E-state index is -1.03. The Morgan fingerprint density at radius 3 is 2.41 bits per heavy atom. The maximum atomic E-state index is 12.6. The fourth-order valence-corrected chi connectivity index (χ4v) is 2.25. The summed E-state index contributed by atoms with van der Waals surface area (Å²) in [5.74, 6) is -0.509. The van der Waals surface area contributed by atoms with Crippen molar-refractivity contribution in [3.8, 4) is 5.75 Å². The molecule has 0 aliphatic heterocycles. The highest BCUT2D eigenvalue weighted by Crippen LogP contribution is 2.47. The zero-order valence-electron chi connectivity index (χ0n) is 12.9. The molecule has 0 saturated heterocycles. The molecule has 1 aromatic rings. The first kappa shape index (κ1) is 16.3. The Morgan fingerprint density at radius 2 is 1.91 bits per heavy atom. The van der Waals surface area contributed by atoms with Crippen molar-refractivity contribution in [1.29, 1.82) is 0 Å². The molecule has 1 aliphatic rings. The molecule has 1 fully saturated rings. The summed E-state index contributed by atoms with van der Waals surface area (Å²) >= 11 is 0. The second-order valence-corrected chi connectivity index (χ2v) is 5.46. The van der Waals surface area contributed by atoms with E-state index in [1.54, 1.807) is 36.2 Å². The van der Waals surface area contributed by atoms with Gasteiger partial charge in [-0.15, -0.1) is 0 Å². The van der Waals surface area contributed by atoms with Gasteiger partial charge in [-0.1, -0.05) is 0 Å². The van der Waals surface area contributed by atoms with E-state index in [1.165, 1.54) is 0 Å². The van der Waals surface area contributed by atoms with Gasteiger partial charge < -0.3 is 19.5 Å². The molecular formula is C16H21NO5. The summed E-state index contributed by atoms with van der Waals surface area (Å²) in [6.45, 7) is 2.60. The van der Waals surface area contributed by atoms with Crippen molar-refractivity contribution in [3.05, 3.63) is 24.3 Å². The monoisotopic (exact) mass is 307 g/mol. The van der Waals surface area contributed by atoms with Crippen LogP contribution >= 0.6 is 0 Å². The lowest BCUT2D eigenvalue weighted by Crippen LogP contribution is -2.36. The Morgan fingerprint density at radius 1 is 1.27 bits per heavy atom. The summed E-state index contributed by atoms with van der Waals surface area (Å²) in [5.41, 5.74) is 0.374. The number of rotatable bonds is 8. The Hall–Kier alpha value is -2.08.